The summed E-state index contributed by atoms with van der Waals surface area (Å²) in [4.78, 5) is 38.2. The fraction of sp³-hybridized carbons (Fsp3) is 0.190. The molecule has 0 aliphatic carbocycles. The number of thiazole rings is 1. The molecule has 2 aliphatic rings. The van der Waals surface area contributed by atoms with Crippen LogP contribution in [0.1, 0.15) is 21.9 Å². The van der Waals surface area contributed by atoms with Crippen molar-refractivity contribution in [3.05, 3.63) is 79.2 Å². The maximum Gasteiger partial charge on any atom is 0.317 e. The summed E-state index contributed by atoms with van der Waals surface area (Å²) in [6, 6.07) is 14.2. The number of halogens is 1. The van der Waals surface area contributed by atoms with Gasteiger partial charge in [-0.1, -0.05) is 65.0 Å². The molecular weight excluding hydrogens is 446 g/mol. The molecular formula is C21H14ClNO5S2. The second-order valence-corrected chi connectivity index (χ2v) is 9.65. The SMILES string of the molecule is O=C1Oc2ccccc2[C@H]2c3sc(=O)n(Cc4ccc(Cl)cc4)c3S[C@H](C(=O)O)[C@H]12. The van der Waals surface area contributed by atoms with Crippen molar-refractivity contribution in [3.8, 4) is 5.75 Å². The van der Waals surface area contributed by atoms with E-state index in [0.29, 0.717) is 27.2 Å². The molecule has 3 heterocycles. The van der Waals surface area contributed by atoms with Crippen LogP contribution >= 0.6 is 34.7 Å². The van der Waals surface area contributed by atoms with Crippen molar-refractivity contribution >= 4 is 46.6 Å². The van der Waals surface area contributed by atoms with Crippen LogP contribution in [0.15, 0.2) is 58.4 Å². The number of carboxylic acids is 1. The third-order valence-electron chi connectivity index (χ3n) is 5.31. The molecule has 0 fully saturated rings. The van der Waals surface area contributed by atoms with Crippen LogP contribution in [0, 0.1) is 5.92 Å². The summed E-state index contributed by atoms with van der Waals surface area (Å²) in [5.41, 5.74) is 1.61. The molecule has 0 saturated heterocycles. The van der Waals surface area contributed by atoms with Gasteiger partial charge in [0, 0.05) is 21.4 Å². The van der Waals surface area contributed by atoms with E-state index in [9.17, 15) is 19.5 Å². The van der Waals surface area contributed by atoms with Crippen LogP contribution in [0.5, 0.6) is 5.75 Å². The van der Waals surface area contributed by atoms with E-state index in [0.717, 1.165) is 34.2 Å². The first-order valence-corrected chi connectivity index (χ1v) is 11.2. The lowest BCUT2D eigenvalue weighted by Crippen LogP contribution is -2.44. The van der Waals surface area contributed by atoms with Gasteiger partial charge in [-0.05, 0) is 23.8 Å². The first kappa shape index (κ1) is 19.4. The van der Waals surface area contributed by atoms with Crippen molar-refractivity contribution in [1.29, 1.82) is 0 Å². The van der Waals surface area contributed by atoms with Gasteiger partial charge in [0.05, 0.1) is 17.5 Å². The minimum Gasteiger partial charge on any atom is -0.480 e. The summed E-state index contributed by atoms with van der Waals surface area (Å²) in [7, 11) is 0. The van der Waals surface area contributed by atoms with Gasteiger partial charge in [0.2, 0.25) is 0 Å². The van der Waals surface area contributed by atoms with Gasteiger partial charge in [0.1, 0.15) is 11.0 Å². The lowest BCUT2D eigenvalue weighted by molar-refractivity contribution is -0.147. The molecule has 0 spiro atoms. The van der Waals surface area contributed by atoms with Gasteiger partial charge in [0.15, 0.2) is 0 Å². The number of para-hydroxylation sites is 1. The Kier molecular flexibility index (Phi) is 4.72. The zero-order valence-corrected chi connectivity index (χ0v) is 17.7. The summed E-state index contributed by atoms with van der Waals surface area (Å²) in [6.45, 7) is 0.296. The molecule has 0 unspecified atom stereocenters. The van der Waals surface area contributed by atoms with Crippen LogP contribution < -0.4 is 9.61 Å². The number of esters is 1. The minimum atomic E-state index is -1.10. The maximum atomic E-state index is 12.9. The summed E-state index contributed by atoms with van der Waals surface area (Å²) in [5.74, 6) is -2.68. The topological polar surface area (TPSA) is 85.6 Å². The molecule has 0 bridgehead atoms. The van der Waals surface area contributed by atoms with Crippen LogP contribution in [0.3, 0.4) is 0 Å². The summed E-state index contributed by atoms with van der Waals surface area (Å²) < 4.78 is 7.02. The number of ether oxygens (including phenoxy) is 1. The highest BCUT2D eigenvalue weighted by Crippen LogP contribution is 2.54. The van der Waals surface area contributed by atoms with E-state index in [1.165, 1.54) is 0 Å². The van der Waals surface area contributed by atoms with E-state index in [1.807, 2.05) is 24.3 Å². The molecule has 1 N–H and O–H groups in total. The number of nitrogens with zero attached hydrogens (tertiary/aromatic N) is 1. The van der Waals surface area contributed by atoms with Gasteiger partial charge in [-0.3, -0.25) is 19.0 Å². The largest absolute Gasteiger partial charge is 0.480 e. The van der Waals surface area contributed by atoms with Crippen LogP contribution in [0.25, 0.3) is 0 Å². The van der Waals surface area contributed by atoms with Crippen molar-refractivity contribution in [1.82, 2.24) is 4.57 Å². The molecule has 30 heavy (non-hydrogen) atoms. The highest BCUT2D eigenvalue weighted by Gasteiger charge is 2.52. The number of carbonyl (C=O) groups excluding carboxylic acids is 1. The fourth-order valence-corrected chi connectivity index (χ4v) is 6.75. The van der Waals surface area contributed by atoms with Crippen molar-refractivity contribution in [3.63, 3.8) is 0 Å². The number of aromatic nitrogens is 1. The van der Waals surface area contributed by atoms with Gasteiger partial charge < -0.3 is 9.84 Å². The van der Waals surface area contributed by atoms with Gasteiger partial charge in [-0.25, -0.2) is 0 Å². The fourth-order valence-electron chi connectivity index (χ4n) is 3.97. The van der Waals surface area contributed by atoms with Crippen LogP contribution in [0.4, 0.5) is 0 Å². The van der Waals surface area contributed by atoms with Crippen LogP contribution in [-0.4, -0.2) is 26.9 Å². The molecule has 0 amide bonds. The van der Waals surface area contributed by atoms with Crippen molar-refractivity contribution in [2.45, 2.75) is 22.7 Å². The second-order valence-electron chi connectivity index (χ2n) is 7.09. The minimum absolute atomic E-state index is 0.191. The van der Waals surface area contributed by atoms with E-state index < -0.39 is 29.0 Å². The molecule has 1 aromatic heterocycles. The van der Waals surface area contributed by atoms with E-state index in [1.54, 1.807) is 28.8 Å². The first-order chi connectivity index (χ1) is 14.4. The lowest BCUT2D eigenvalue weighted by atomic mass is 9.80. The van der Waals surface area contributed by atoms with Crippen LogP contribution in [0.2, 0.25) is 5.02 Å². The van der Waals surface area contributed by atoms with Crippen molar-refractivity contribution in [2.24, 2.45) is 5.92 Å². The second kappa shape index (κ2) is 7.30. The molecule has 2 aliphatic heterocycles. The summed E-state index contributed by atoms with van der Waals surface area (Å²) in [5, 5.41) is 10.0. The smallest absolute Gasteiger partial charge is 0.317 e. The lowest BCUT2D eigenvalue weighted by Gasteiger charge is -2.37. The molecule has 3 atom stereocenters. The average Bonchev–Trinajstić information content (AvgIpc) is 3.04. The molecule has 3 aromatic rings. The Morgan fingerprint density at radius 1 is 1.13 bits per heavy atom. The average molecular weight is 460 g/mol. The number of hydrogen-bond acceptors (Lipinski definition) is 6. The summed E-state index contributed by atoms with van der Waals surface area (Å²) in [6.07, 6.45) is 0. The van der Waals surface area contributed by atoms with Gasteiger partial charge >= 0.3 is 16.8 Å². The molecule has 6 nitrogen and oxygen atoms in total. The quantitative estimate of drug-likeness (QED) is 0.473. The maximum absolute atomic E-state index is 12.9. The Bertz CT molecular complexity index is 1230. The van der Waals surface area contributed by atoms with Gasteiger partial charge in [-0.2, -0.15) is 0 Å². The predicted octanol–water partition coefficient (Wildman–Crippen LogP) is 3.84. The number of thioether (sulfide) groups is 1. The number of carbonyl (C=O) groups is 2. The first-order valence-electron chi connectivity index (χ1n) is 9.12. The molecule has 0 saturated carbocycles. The standard InChI is InChI=1S/C21H14ClNO5S2/c22-11-7-5-10(6-8-11)9-23-18-16(30-21(23)27)14-12-3-1-2-4-13(12)28-20(26)15(14)17(29-18)19(24)25/h1-8,14-15,17H,9H2,(H,24,25)/t14-,15-,17+/m1/s1. The Morgan fingerprint density at radius 3 is 2.60 bits per heavy atom. The number of fused-ring (bicyclic) bond motifs is 5. The Labute approximate surface area is 184 Å². The number of benzene rings is 2. The Morgan fingerprint density at radius 2 is 1.87 bits per heavy atom. The van der Waals surface area contributed by atoms with Gasteiger partial charge in [0.25, 0.3) is 0 Å². The molecule has 5 rings (SSSR count). The number of carboxylic acid groups (broad SMARTS) is 1. The zero-order chi connectivity index (χ0) is 21.0. The Balaban J connectivity index is 1.68. The van der Waals surface area contributed by atoms with Gasteiger partial charge in [-0.15, -0.1) is 0 Å². The van der Waals surface area contributed by atoms with E-state index in [2.05, 4.69) is 0 Å². The van der Waals surface area contributed by atoms with Crippen molar-refractivity contribution in [2.75, 3.05) is 0 Å². The number of rotatable bonds is 3. The normalized spacial score (nSPS) is 21.9. The highest BCUT2D eigenvalue weighted by atomic mass is 35.5. The van der Waals surface area contributed by atoms with Crippen LogP contribution in [-0.2, 0) is 16.1 Å². The van der Waals surface area contributed by atoms with E-state index in [4.69, 9.17) is 16.3 Å². The molecule has 0 radical (unpaired) electrons. The zero-order valence-electron chi connectivity index (χ0n) is 15.3. The number of hydrogen-bond donors (Lipinski definition) is 1. The molecule has 2 aromatic carbocycles. The monoisotopic (exact) mass is 459 g/mol. The van der Waals surface area contributed by atoms with Crippen molar-refractivity contribution < 1.29 is 19.4 Å². The predicted molar refractivity (Wildman–Crippen MR) is 114 cm³/mol. The van der Waals surface area contributed by atoms with E-state index >= 15 is 0 Å². The highest BCUT2D eigenvalue weighted by molar-refractivity contribution is 8.00. The molecule has 152 valence electrons. The summed E-state index contributed by atoms with van der Waals surface area (Å²) >= 11 is 8.06. The Hall–Kier alpha value is -2.55. The van der Waals surface area contributed by atoms with E-state index in [-0.39, 0.29) is 4.87 Å². The molecule has 9 heteroatoms. The third kappa shape index (κ3) is 3.07. The third-order valence-corrected chi connectivity index (χ3v) is 8.17. The number of aliphatic carboxylic acids is 1.